The fourth-order valence-electron chi connectivity index (χ4n) is 2.19. The van der Waals surface area contributed by atoms with E-state index < -0.39 is 0 Å². The van der Waals surface area contributed by atoms with Crippen LogP contribution in [-0.4, -0.2) is 17.3 Å². The number of nitrogens with zero attached hydrogens (tertiary/aromatic N) is 2. The van der Waals surface area contributed by atoms with Crippen molar-refractivity contribution in [1.29, 1.82) is 0 Å². The smallest absolute Gasteiger partial charge is 0.247 e. The van der Waals surface area contributed by atoms with Crippen molar-refractivity contribution in [2.24, 2.45) is 0 Å². The highest BCUT2D eigenvalue weighted by Gasteiger charge is 2.08. The second-order valence-corrected chi connectivity index (χ2v) is 5.36. The van der Waals surface area contributed by atoms with E-state index in [1.54, 1.807) is 19.2 Å². The van der Waals surface area contributed by atoms with Gasteiger partial charge in [0.2, 0.25) is 11.8 Å². The molecule has 0 unspecified atom stereocenters. The van der Waals surface area contributed by atoms with Crippen molar-refractivity contribution in [3.8, 4) is 17.2 Å². The zero-order valence-electron chi connectivity index (χ0n) is 12.6. The fourth-order valence-corrected chi connectivity index (χ4v) is 2.31. The van der Waals surface area contributed by atoms with Crippen LogP contribution in [0.5, 0.6) is 5.75 Å². The van der Waals surface area contributed by atoms with E-state index in [2.05, 4.69) is 15.5 Å². The number of rotatable bonds is 6. The molecule has 0 aliphatic carbocycles. The Balaban J connectivity index is 1.60. The SMILES string of the molecule is COc1ccccc1CNCc1nnc(-c2ccc(Cl)cc2)o1. The number of hydrogen-bond donors (Lipinski definition) is 1. The lowest BCUT2D eigenvalue weighted by molar-refractivity contribution is 0.406. The predicted molar refractivity (Wildman–Crippen MR) is 88.3 cm³/mol. The maximum atomic E-state index is 5.87. The van der Waals surface area contributed by atoms with Crippen LogP contribution in [0, 0.1) is 0 Å². The zero-order chi connectivity index (χ0) is 16.1. The summed E-state index contributed by atoms with van der Waals surface area (Å²) in [5.74, 6) is 1.87. The third-order valence-corrected chi connectivity index (χ3v) is 3.59. The molecule has 118 valence electrons. The summed E-state index contributed by atoms with van der Waals surface area (Å²) < 4.78 is 11.0. The quantitative estimate of drug-likeness (QED) is 0.747. The van der Waals surface area contributed by atoms with E-state index in [1.807, 2.05) is 36.4 Å². The van der Waals surface area contributed by atoms with Gasteiger partial charge in [0.05, 0.1) is 13.7 Å². The second-order valence-electron chi connectivity index (χ2n) is 4.92. The Labute approximate surface area is 139 Å². The van der Waals surface area contributed by atoms with Crippen LogP contribution in [0.1, 0.15) is 11.5 Å². The lowest BCUT2D eigenvalue weighted by Crippen LogP contribution is -2.13. The molecule has 0 atom stereocenters. The van der Waals surface area contributed by atoms with Crippen LogP contribution in [0.4, 0.5) is 0 Å². The van der Waals surface area contributed by atoms with Crippen LogP contribution in [0.15, 0.2) is 52.9 Å². The third kappa shape index (κ3) is 3.88. The van der Waals surface area contributed by atoms with Gasteiger partial charge in [0.1, 0.15) is 5.75 Å². The molecule has 0 saturated heterocycles. The van der Waals surface area contributed by atoms with Gasteiger partial charge in [0.25, 0.3) is 0 Å². The summed E-state index contributed by atoms with van der Waals surface area (Å²) >= 11 is 5.87. The molecular formula is C17H16ClN3O2. The number of para-hydroxylation sites is 1. The maximum Gasteiger partial charge on any atom is 0.247 e. The molecule has 0 spiro atoms. The van der Waals surface area contributed by atoms with Crippen molar-refractivity contribution in [2.45, 2.75) is 13.1 Å². The Hall–Kier alpha value is -2.37. The van der Waals surface area contributed by atoms with Gasteiger partial charge in [-0.25, -0.2) is 0 Å². The normalized spacial score (nSPS) is 10.7. The highest BCUT2D eigenvalue weighted by atomic mass is 35.5. The van der Waals surface area contributed by atoms with Gasteiger partial charge < -0.3 is 14.5 Å². The van der Waals surface area contributed by atoms with Gasteiger partial charge in [-0.05, 0) is 30.3 Å². The summed E-state index contributed by atoms with van der Waals surface area (Å²) in [6.07, 6.45) is 0. The molecule has 0 aliphatic rings. The number of halogens is 1. The number of ether oxygens (including phenoxy) is 1. The van der Waals surface area contributed by atoms with Gasteiger partial charge >= 0.3 is 0 Å². The summed E-state index contributed by atoms with van der Waals surface area (Å²) in [4.78, 5) is 0. The Morgan fingerprint density at radius 2 is 1.83 bits per heavy atom. The van der Waals surface area contributed by atoms with Crippen molar-refractivity contribution in [1.82, 2.24) is 15.5 Å². The van der Waals surface area contributed by atoms with E-state index in [0.717, 1.165) is 16.9 Å². The highest BCUT2D eigenvalue weighted by Crippen LogP contribution is 2.20. The number of benzene rings is 2. The third-order valence-electron chi connectivity index (χ3n) is 3.34. The number of nitrogens with one attached hydrogen (secondary N) is 1. The van der Waals surface area contributed by atoms with Crippen molar-refractivity contribution in [3.63, 3.8) is 0 Å². The van der Waals surface area contributed by atoms with Crippen LogP contribution in [-0.2, 0) is 13.1 Å². The molecular weight excluding hydrogens is 314 g/mol. The molecule has 6 heteroatoms. The molecule has 3 aromatic rings. The zero-order valence-corrected chi connectivity index (χ0v) is 13.4. The average molecular weight is 330 g/mol. The Kier molecular flexibility index (Phi) is 4.90. The van der Waals surface area contributed by atoms with Gasteiger partial charge in [0.15, 0.2) is 0 Å². The summed E-state index contributed by atoms with van der Waals surface area (Å²) in [5, 5.41) is 12.0. The molecule has 2 aromatic carbocycles. The lowest BCUT2D eigenvalue weighted by Gasteiger charge is -2.07. The van der Waals surface area contributed by atoms with E-state index in [9.17, 15) is 0 Å². The predicted octanol–water partition coefficient (Wildman–Crippen LogP) is 3.69. The van der Waals surface area contributed by atoms with Crippen molar-refractivity contribution >= 4 is 11.6 Å². The second kappa shape index (κ2) is 7.26. The van der Waals surface area contributed by atoms with Crippen LogP contribution < -0.4 is 10.1 Å². The van der Waals surface area contributed by atoms with Crippen LogP contribution in [0.2, 0.25) is 5.02 Å². The van der Waals surface area contributed by atoms with Gasteiger partial charge in [-0.15, -0.1) is 10.2 Å². The van der Waals surface area contributed by atoms with Crippen molar-refractivity contribution in [3.05, 3.63) is 65.0 Å². The molecule has 0 amide bonds. The number of aromatic nitrogens is 2. The molecule has 5 nitrogen and oxygen atoms in total. The Morgan fingerprint density at radius 1 is 1.04 bits per heavy atom. The molecule has 0 aliphatic heterocycles. The molecule has 0 bridgehead atoms. The molecule has 1 heterocycles. The first-order valence-electron chi connectivity index (χ1n) is 7.17. The minimum absolute atomic E-state index is 0.482. The standard InChI is InChI=1S/C17H16ClN3O2/c1-22-15-5-3-2-4-13(15)10-19-11-16-20-21-17(23-16)12-6-8-14(18)9-7-12/h2-9,19H,10-11H2,1H3. The largest absolute Gasteiger partial charge is 0.496 e. The van der Waals surface area contributed by atoms with E-state index in [0.29, 0.717) is 29.9 Å². The molecule has 1 N–H and O–H groups in total. The van der Waals surface area contributed by atoms with Gasteiger partial charge in [0, 0.05) is 22.7 Å². The summed E-state index contributed by atoms with van der Waals surface area (Å²) in [6.45, 7) is 1.14. The first kappa shape index (κ1) is 15.5. The van der Waals surface area contributed by atoms with Crippen LogP contribution >= 0.6 is 11.6 Å². The molecule has 23 heavy (non-hydrogen) atoms. The minimum Gasteiger partial charge on any atom is -0.496 e. The minimum atomic E-state index is 0.482. The van der Waals surface area contributed by atoms with E-state index >= 15 is 0 Å². The van der Waals surface area contributed by atoms with Gasteiger partial charge in [-0.1, -0.05) is 29.8 Å². The van der Waals surface area contributed by atoms with E-state index in [1.165, 1.54) is 0 Å². The summed E-state index contributed by atoms with van der Waals surface area (Å²) in [5.41, 5.74) is 1.92. The molecule has 1 aromatic heterocycles. The first-order chi connectivity index (χ1) is 11.3. The van der Waals surface area contributed by atoms with E-state index in [-0.39, 0.29) is 0 Å². The summed E-state index contributed by atoms with van der Waals surface area (Å²) in [7, 11) is 1.66. The first-order valence-corrected chi connectivity index (χ1v) is 7.55. The number of hydrogen-bond acceptors (Lipinski definition) is 5. The van der Waals surface area contributed by atoms with Gasteiger partial charge in [-0.2, -0.15) is 0 Å². The lowest BCUT2D eigenvalue weighted by atomic mass is 10.2. The van der Waals surface area contributed by atoms with Crippen molar-refractivity contribution in [2.75, 3.05) is 7.11 Å². The molecule has 3 rings (SSSR count). The fraction of sp³-hybridized carbons (Fsp3) is 0.176. The van der Waals surface area contributed by atoms with Crippen LogP contribution in [0.3, 0.4) is 0 Å². The average Bonchev–Trinajstić information content (AvgIpc) is 3.05. The topological polar surface area (TPSA) is 60.2 Å². The van der Waals surface area contributed by atoms with Crippen molar-refractivity contribution < 1.29 is 9.15 Å². The Bertz CT molecular complexity index is 772. The van der Waals surface area contributed by atoms with Gasteiger partial charge in [-0.3, -0.25) is 0 Å². The Morgan fingerprint density at radius 3 is 2.61 bits per heavy atom. The molecule has 0 saturated carbocycles. The molecule has 0 radical (unpaired) electrons. The monoisotopic (exact) mass is 329 g/mol. The maximum absolute atomic E-state index is 5.87. The highest BCUT2D eigenvalue weighted by molar-refractivity contribution is 6.30. The summed E-state index contributed by atoms with van der Waals surface area (Å²) in [6, 6.07) is 15.1. The molecule has 0 fully saturated rings. The number of methoxy groups -OCH3 is 1. The van der Waals surface area contributed by atoms with E-state index in [4.69, 9.17) is 20.8 Å². The van der Waals surface area contributed by atoms with Crippen LogP contribution in [0.25, 0.3) is 11.5 Å².